The fraction of sp³-hybridized carbons (Fsp3) is 0.579. The van der Waals surface area contributed by atoms with E-state index in [4.69, 9.17) is 0 Å². The molecule has 0 bridgehead atoms. The Labute approximate surface area is 124 Å². The Morgan fingerprint density at radius 2 is 1.95 bits per heavy atom. The average molecular weight is 271 g/mol. The molecule has 0 aliphatic heterocycles. The van der Waals surface area contributed by atoms with Crippen LogP contribution in [0.25, 0.3) is 5.57 Å². The summed E-state index contributed by atoms with van der Waals surface area (Å²) in [6, 6.07) is 8.97. The van der Waals surface area contributed by atoms with Crippen LogP contribution in [0.5, 0.6) is 0 Å². The Morgan fingerprint density at radius 1 is 1.25 bits per heavy atom. The molecule has 0 amide bonds. The molecule has 0 radical (unpaired) electrons. The lowest BCUT2D eigenvalue weighted by molar-refractivity contribution is 0.419. The topological polar surface area (TPSA) is 12.0 Å². The van der Waals surface area contributed by atoms with Gasteiger partial charge in [0.15, 0.2) is 0 Å². The highest BCUT2D eigenvalue weighted by Gasteiger charge is 2.21. The summed E-state index contributed by atoms with van der Waals surface area (Å²) in [4.78, 5) is 0. The zero-order chi connectivity index (χ0) is 14.6. The predicted molar refractivity (Wildman–Crippen MR) is 89.1 cm³/mol. The molecule has 1 heteroatoms. The van der Waals surface area contributed by atoms with E-state index >= 15 is 0 Å². The van der Waals surface area contributed by atoms with Crippen LogP contribution in [0.3, 0.4) is 0 Å². The van der Waals surface area contributed by atoms with Crippen molar-refractivity contribution in [3.05, 3.63) is 41.5 Å². The number of nitrogens with one attached hydrogen (secondary N) is 1. The predicted octanol–water partition coefficient (Wildman–Crippen LogP) is 5.14. The van der Waals surface area contributed by atoms with Crippen molar-refractivity contribution in [1.82, 2.24) is 5.32 Å². The van der Waals surface area contributed by atoms with Crippen molar-refractivity contribution in [3.8, 4) is 0 Å². The van der Waals surface area contributed by atoms with Crippen molar-refractivity contribution in [1.29, 1.82) is 0 Å². The van der Waals surface area contributed by atoms with Crippen LogP contribution in [0.1, 0.15) is 70.4 Å². The number of rotatable bonds is 5. The van der Waals surface area contributed by atoms with Gasteiger partial charge in [-0.3, -0.25) is 0 Å². The first-order valence-electron chi connectivity index (χ1n) is 7.98. The summed E-state index contributed by atoms with van der Waals surface area (Å²) in [5.41, 5.74) is 4.68. The average Bonchev–Trinajstić information content (AvgIpc) is 2.32. The molecule has 0 spiro atoms. The second kappa shape index (κ2) is 6.58. The second-order valence-corrected chi connectivity index (χ2v) is 7.07. The highest BCUT2D eigenvalue weighted by Crippen LogP contribution is 2.39. The van der Waals surface area contributed by atoms with E-state index in [0.29, 0.717) is 0 Å². The van der Waals surface area contributed by atoms with E-state index in [2.05, 4.69) is 63.4 Å². The van der Waals surface area contributed by atoms with Crippen molar-refractivity contribution in [2.24, 2.45) is 0 Å². The Hall–Kier alpha value is -1.08. The van der Waals surface area contributed by atoms with E-state index in [-0.39, 0.29) is 5.54 Å². The maximum absolute atomic E-state index is 3.54. The largest absolute Gasteiger partial charge is 0.312 e. The lowest BCUT2D eigenvalue weighted by Crippen LogP contribution is -2.36. The van der Waals surface area contributed by atoms with Gasteiger partial charge >= 0.3 is 0 Å². The molecule has 0 atom stereocenters. The summed E-state index contributed by atoms with van der Waals surface area (Å²) < 4.78 is 0. The molecule has 110 valence electrons. The Balaban J connectivity index is 1.99. The third-order valence-electron chi connectivity index (χ3n) is 4.18. The lowest BCUT2D eigenvalue weighted by atomic mass is 9.77. The summed E-state index contributed by atoms with van der Waals surface area (Å²) in [5.74, 6) is 0.808. The quantitative estimate of drug-likeness (QED) is 0.732. The minimum atomic E-state index is 0.214. The van der Waals surface area contributed by atoms with E-state index in [1.807, 2.05) is 0 Å². The summed E-state index contributed by atoms with van der Waals surface area (Å²) in [6.45, 7) is 9.96. The fourth-order valence-electron chi connectivity index (χ4n) is 2.78. The van der Waals surface area contributed by atoms with Crippen LogP contribution < -0.4 is 5.32 Å². The van der Waals surface area contributed by atoms with Gasteiger partial charge in [0.2, 0.25) is 0 Å². The summed E-state index contributed by atoms with van der Waals surface area (Å²) in [6.07, 6.45) is 7.63. The molecule has 1 fully saturated rings. The first kappa shape index (κ1) is 15.3. The van der Waals surface area contributed by atoms with Crippen LogP contribution in [0.15, 0.2) is 30.3 Å². The lowest BCUT2D eigenvalue weighted by Gasteiger charge is -2.28. The highest BCUT2D eigenvalue weighted by molar-refractivity contribution is 5.67. The van der Waals surface area contributed by atoms with Crippen molar-refractivity contribution < 1.29 is 0 Å². The minimum absolute atomic E-state index is 0.214. The number of benzene rings is 1. The van der Waals surface area contributed by atoms with Crippen LogP contribution in [0.2, 0.25) is 0 Å². The Morgan fingerprint density at radius 3 is 2.55 bits per heavy atom. The third-order valence-corrected chi connectivity index (χ3v) is 4.18. The molecule has 0 aromatic heterocycles. The van der Waals surface area contributed by atoms with Gasteiger partial charge in [0, 0.05) is 5.54 Å². The Kier molecular flexibility index (Phi) is 5.04. The Bertz CT molecular complexity index is 461. The van der Waals surface area contributed by atoms with Crippen molar-refractivity contribution in [2.75, 3.05) is 6.54 Å². The van der Waals surface area contributed by atoms with Gasteiger partial charge in [-0.1, -0.05) is 36.8 Å². The van der Waals surface area contributed by atoms with Crippen molar-refractivity contribution >= 4 is 5.57 Å². The van der Waals surface area contributed by atoms with Crippen LogP contribution in [-0.4, -0.2) is 12.1 Å². The molecule has 0 heterocycles. The van der Waals surface area contributed by atoms with Gasteiger partial charge in [-0.25, -0.2) is 0 Å². The maximum atomic E-state index is 3.54. The van der Waals surface area contributed by atoms with E-state index in [1.54, 1.807) is 5.56 Å². The van der Waals surface area contributed by atoms with E-state index in [9.17, 15) is 0 Å². The first-order chi connectivity index (χ1) is 9.47. The molecule has 1 aromatic carbocycles. The fourth-order valence-corrected chi connectivity index (χ4v) is 2.78. The molecule has 20 heavy (non-hydrogen) atoms. The summed E-state index contributed by atoms with van der Waals surface area (Å²) >= 11 is 0. The normalized spacial score (nSPS) is 17.1. The monoisotopic (exact) mass is 271 g/mol. The minimum Gasteiger partial charge on any atom is -0.312 e. The zero-order valence-electron chi connectivity index (χ0n) is 13.5. The number of hydrogen-bond acceptors (Lipinski definition) is 1. The number of hydrogen-bond donors (Lipinski definition) is 1. The van der Waals surface area contributed by atoms with E-state index in [1.165, 1.54) is 30.4 Å². The molecule has 0 unspecified atom stereocenters. The SMILES string of the molecule is C/C(=C/CCNC(C)(C)C)c1ccccc1C1CCC1. The van der Waals surface area contributed by atoms with Gasteiger partial charge in [-0.15, -0.1) is 0 Å². The maximum Gasteiger partial charge on any atom is 0.00966 e. The molecule has 1 aliphatic carbocycles. The highest BCUT2D eigenvalue weighted by atomic mass is 14.9. The molecule has 1 N–H and O–H groups in total. The molecular formula is C19H29N. The molecule has 1 saturated carbocycles. The first-order valence-corrected chi connectivity index (χ1v) is 7.98. The van der Waals surface area contributed by atoms with Gasteiger partial charge in [-0.05, 0) is 76.1 Å². The summed E-state index contributed by atoms with van der Waals surface area (Å²) in [7, 11) is 0. The van der Waals surface area contributed by atoms with Crippen LogP contribution in [0.4, 0.5) is 0 Å². The summed E-state index contributed by atoms with van der Waals surface area (Å²) in [5, 5.41) is 3.54. The van der Waals surface area contributed by atoms with Crippen LogP contribution in [-0.2, 0) is 0 Å². The molecule has 1 aromatic rings. The third kappa shape index (κ3) is 4.21. The second-order valence-electron chi connectivity index (χ2n) is 7.07. The molecule has 1 nitrogen and oxygen atoms in total. The van der Waals surface area contributed by atoms with Gasteiger partial charge in [-0.2, -0.15) is 0 Å². The van der Waals surface area contributed by atoms with Gasteiger partial charge < -0.3 is 5.32 Å². The standard InChI is InChI=1S/C19H29N/c1-15(9-8-14-20-19(2,3)4)17-12-5-6-13-18(17)16-10-7-11-16/h5-6,9,12-13,16,20H,7-8,10-11,14H2,1-4H3/b15-9-. The van der Waals surface area contributed by atoms with Crippen LogP contribution >= 0.6 is 0 Å². The molecule has 0 saturated heterocycles. The van der Waals surface area contributed by atoms with Crippen molar-refractivity contribution in [2.45, 2.75) is 64.8 Å². The van der Waals surface area contributed by atoms with Gasteiger partial charge in [0.25, 0.3) is 0 Å². The molecule has 1 aliphatic rings. The van der Waals surface area contributed by atoms with Crippen molar-refractivity contribution in [3.63, 3.8) is 0 Å². The van der Waals surface area contributed by atoms with Crippen LogP contribution in [0, 0.1) is 0 Å². The number of allylic oxidation sites excluding steroid dienone is 1. The molecule has 2 rings (SSSR count). The zero-order valence-corrected chi connectivity index (χ0v) is 13.5. The van der Waals surface area contributed by atoms with E-state index in [0.717, 1.165) is 18.9 Å². The smallest absolute Gasteiger partial charge is 0.00966 e. The van der Waals surface area contributed by atoms with Gasteiger partial charge in [0.1, 0.15) is 0 Å². The van der Waals surface area contributed by atoms with E-state index < -0.39 is 0 Å². The van der Waals surface area contributed by atoms with Gasteiger partial charge in [0.05, 0.1) is 0 Å². The molecular weight excluding hydrogens is 242 g/mol.